The number of aromatic amines is 1. The number of H-pyrrole nitrogens is 1. The molecule has 0 saturated heterocycles. The smallest absolute Gasteiger partial charge is 0.264 e. The lowest BCUT2D eigenvalue weighted by atomic mass is 10.0. The Morgan fingerprint density at radius 1 is 1.32 bits per heavy atom. The highest BCUT2D eigenvalue weighted by atomic mass is 127. The molecule has 1 aromatic heterocycles. The molecule has 4 heteroatoms. The monoisotopic (exact) mass is 366 g/mol. The van der Waals surface area contributed by atoms with Gasteiger partial charge in [0.2, 0.25) is 0 Å². The highest BCUT2D eigenvalue weighted by Gasteiger charge is 2.29. The van der Waals surface area contributed by atoms with E-state index in [-0.39, 0.29) is 5.56 Å². The molecule has 1 fully saturated rings. The summed E-state index contributed by atoms with van der Waals surface area (Å²) in [6.45, 7) is 4.14. The molecule has 19 heavy (non-hydrogen) atoms. The first-order valence-electron chi connectivity index (χ1n) is 6.44. The van der Waals surface area contributed by atoms with E-state index in [9.17, 15) is 4.79 Å². The zero-order valence-corrected chi connectivity index (χ0v) is 13.1. The van der Waals surface area contributed by atoms with Crippen LogP contribution in [0.3, 0.4) is 0 Å². The van der Waals surface area contributed by atoms with Crippen LogP contribution in [0, 0.1) is 17.4 Å². The van der Waals surface area contributed by atoms with E-state index in [1.165, 1.54) is 11.1 Å². The number of halogens is 1. The Balaban J connectivity index is 2.20. The average molecular weight is 366 g/mol. The van der Waals surface area contributed by atoms with Crippen LogP contribution in [-0.2, 0) is 0 Å². The van der Waals surface area contributed by atoms with Gasteiger partial charge in [-0.05, 0) is 60.4 Å². The fourth-order valence-electron chi connectivity index (χ4n) is 2.24. The average Bonchev–Trinajstić information content (AvgIpc) is 3.20. The number of nitrogens with one attached hydrogen (secondary N) is 1. The van der Waals surface area contributed by atoms with Crippen LogP contribution in [0.1, 0.15) is 35.6 Å². The van der Waals surface area contributed by atoms with Crippen molar-refractivity contribution in [3.8, 4) is 11.4 Å². The summed E-state index contributed by atoms with van der Waals surface area (Å²) in [5, 5.41) is 0. The molecule has 1 aromatic carbocycles. The second-order valence-corrected chi connectivity index (χ2v) is 6.21. The van der Waals surface area contributed by atoms with Crippen LogP contribution >= 0.6 is 22.6 Å². The number of hydrogen-bond acceptors (Lipinski definition) is 2. The standard InChI is InChI=1S/C15H15IN2O/c1-8-4-3-5-11(9(8)2)14-17-13(10-6-7-10)12(16)15(19)18-14/h3-5,10H,6-7H2,1-2H3,(H,17,18,19). The van der Waals surface area contributed by atoms with Gasteiger partial charge in [-0.15, -0.1) is 0 Å². The van der Waals surface area contributed by atoms with Crippen LogP contribution in [0.2, 0.25) is 0 Å². The molecule has 2 aromatic rings. The first kappa shape index (κ1) is 12.8. The molecule has 0 amide bonds. The maximum absolute atomic E-state index is 12.1. The van der Waals surface area contributed by atoms with E-state index in [1.807, 2.05) is 12.1 Å². The number of benzene rings is 1. The molecule has 0 unspecified atom stereocenters. The van der Waals surface area contributed by atoms with Crippen molar-refractivity contribution in [2.45, 2.75) is 32.6 Å². The third kappa shape index (κ3) is 2.33. The topological polar surface area (TPSA) is 45.8 Å². The Hall–Kier alpha value is -1.17. The highest BCUT2D eigenvalue weighted by molar-refractivity contribution is 14.1. The fourth-order valence-corrected chi connectivity index (χ4v) is 2.93. The van der Waals surface area contributed by atoms with Crippen molar-refractivity contribution < 1.29 is 0 Å². The normalized spacial score (nSPS) is 14.7. The van der Waals surface area contributed by atoms with Gasteiger partial charge in [-0.25, -0.2) is 4.98 Å². The van der Waals surface area contributed by atoms with Gasteiger partial charge in [-0.3, -0.25) is 4.79 Å². The van der Waals surface area contributed by atoms with Crippen molar-refractivity contribution in [3.05, 3.63) is 48.9 Å². The van der Waals surface area contributed by atoms with Crippen LogP contribution in [0.5, 0.6) is 0 Å². The van der Waals surface area contributed by atoms with E-state index in [0.29, 0.717) is 11.7 Å². The van der Waals surface area contributed by atoms with E-state index in [1.54, 1.807) is 0 Å². The molecule has 1 saturated carbocycles. The van der Waals surface area contributed by atoms with Gasteiger partial charge in [0.15, 0.2) is 0 Å². The van der Waals surface area contributed by atoms with Gasteiger partial charge in [-0.2, -0.15) is 0 Å². The Labute approximate surface area is 125 Å². The van der Waals surface area contributed by atoms with E-state index in [0.717, 1.165) is 27.7 Å². The SMILES string of the molecule is Cc1cccc(-c2nc(C3CC3)c(I)c(=O)[nH]2)c1C. The molecule has 0 aliphatic heterocycles. The van der Waals surface area contributed by atoms with Gasteiger partial charge in [0.1, 0.15) is 5.82 Å². The van der Waals surface area contributed by atoms with Crippen molar-refractivity contribution in [2.75, 3.05) is 0 Å². The predicted octanol–water partition coefficient (Wildman–Crippen LogP) is 3.54. The summed E-state index contributed by atoms with van der Waals surface area (Å²) < 4.78 is 0.745. The molecular weight excluding hydrogens is 351 g/mol. The van der Waals surface area contributed by atoms with Crippen LogP contribution in [0.25, 0.3) is 11.4 Å². The van der Waals surface area contributed by atoms with Gasteiger partial charge >= 0.3 is 0 Å². The van der Waals surface area contributed by atoms with Crippen molar-refractivity contribution in [3.63, 3.8) is 0 Å². The van der Waals surface area contributed by atoms with E-state index >= 15 is 0 Å². The van der Waals surface area contributed by atoms with Crippen LogP contribution in [0.4, 0.5) is 0 Å². The van der Waals surface area contributed by atoms with Gasteiger partial charge in [0.25, 0.3) is 5.56 Å². The van der Waals surface area contributed by atoms with Gasteiger partial charge < -0.3 is 4.98 Å². The third-order valence-electron chi connectivity index (χ3n) is 3.71. The maximum Gasteiger partial charge on any atom is 0.264 e. The molecule has 0 atom stereocenters. The summed E-state index contributed by atoms with van der Waals surface area (Å²) in [5.41, 5.74) is 4.37. The molecule has 1 aliphatic carbocycles. The Morgan fingerprint density at radius 3 is 2.74 bits per heavy atom. The summed E-state index contributed by atoms with van der Waals surface area (Å²) >= 11 is 2.11. The molecule has 0 spiro atoms. The van der Waals surface area contributed by atoms with E-state index < -0.39 is 0 Å². The molecule has 3 rings (SSSR count). The van der Waals surface area contributed by atoms with E-state index in [4.69, 9.17) is 4.98 Å². The molecule has 3 nitrogen and oxygen atoms in total. The lowest BCUT2D eigenvalue weighted by molar-refractivity contribution is 0.956. The quantitative estimate of drug-likeness (QED) is 0.827. The fraction of sp³-hybridized carbons (Fsp3) is 0.333. The number of aryl methyl sites for hydroxylation is 1. The van der Waals surface area contributed by atoms with Crippen molar-refractivity contribution in [2.24, 2.45) is 0 Å². The zero-order chi connectivity index (χ0) is 13.6. The van der Waals surface area contributed by atoms with Gasteiger partial charge in [0, 0.05) is 11.5 Å². The number of hydrogen-bond donors (Lipinski definition) is 1. The molecule has 0 bridgehead atoms. The highest BCUT2D eigenvalue weighted by Crippen LogP contribution is 2.40. The first-order chi connectivity index (χ1) is 9.08. The van der Waals surface area contributed by atoms with Crippen LogP contribution in [0.15, 0.2) is 23.0 Å². The molecule has 1 aliphatic rings. The van der Waals surface area contributed by atoms with Crippen molar-refractivity contribution in [1.82, 2.24) is 9.97 Å². The number of aromatic nitrogens is 2. The molecular formula is C15H15IN2O. The second-order valence-electron chi connectivity index (χ2n) is 5.14. The molecule has 1 heterocycles. The van der Waals surface area contributed by atoms with Gasteiger partial charge in [-0.1, -0.05) is 18.2 Å². The minimum Gasteiger partial charge on any atom is -0.306 e. The Morgan fingerprint density at radius 2 is 2.05 bits per heavy atom. The minimum absolute atomic E-state index is 0.0200. The predicted molar refractivity (Wildman–Crippen MR) is 84.5 cm³/mol. The number of rotatable bonds is 2. The Kier molecular flexibility index (Phi) is 3.20. The Bertz CT molecular complexity index is 702. The first-order valence-corrected chi connectivity index (χ1v) is 7.52. The van der Waals surface area contributed by atoms with Crippen LogP contribution in [-0.4, -0.2) is 9.97 Å². The summed E-state index contributed by atoms with van der Waals surface area (Å²) in [6.07, 6.45) is 2.30. The summed E-state index contributed by atoms with van der Waals surface area (Å²) in [7, 11) is 0. The number of nitrogens with zero attached hydrogens (tertiary/aromatic N) is 1. The zero-order valence-electron chi connectivity index (χ0n) is 11.0. The minimum atomic E-state index is -0.0200. The van der Waals surface area contributed by atoms with E-state index in [2.05, 4.69) is 47.5 Å². The molecule has 1 N–H and O–H groups in total. The molecule has 98 valence electrons. The third-order valence-corrected chi connectivity index (χ3v) is 4.75. The molecule has 0 radical (unpaired) electrons. The van der Waals surface area contributed by atoms with Gasteiger partial charge in [0.05, 0.1) is 9.26 Å². The lowest BCUT2D eigenvalue weighted by Crippen LogP contribution is -2.16. The second kappa shape index (κ2) is 4.74. The van der Waals surface area contributed by atoms with Crippen LogP contribution < -0.4 is 5.56 Å². The summed E-state index contributed by atoms with van der Waals surface area (Å²) in [4.78, 5) is 19.7. The summed E-state index contributed by atoms with van der Waals surface area (Å²) in [6, 6.07) is 6.10. The largest absolute Gasteiger partial charge is 0.306 e. The maximum atomic E-state index is 12.1. The lowest BCUT2D eigenvalue weighted by Gasteiger charge is -2.10. The van der Waals surface area contributed by atoms with Crippen molar-refractivity contribution in [1.29, 1.82) is 0 Å². The summed E-state index contributed by atoms with van der Waals surface area (Å²) in [5.74, 6) is 1.19. The van der Waals surface area contributed by atoms with Crippen molar-refractivity contribution >= 4 is 22.6 Å².